The molecule has 0 aliphatic carbocycles. The smallest absolute Gasteiger partial charge is 0.323 e. The van der Waals surface area contributed by atoms with Gasteiger partial charge in [0.05, 0.1) is 0 Å². The molecule has 0 bridgehead atoms. The van der Waals surface area contributed by atoms with E-state index in [1.807, 2.05) is 13.8 Å². The molecule has 1 rings (SSSR count). The molecule has 1 aliphatic heterocycles. The van der Waals surface area contributed by atoms with Crippen molar-refractivity contribution in [2.75, 3.05) is 19.6 Å². The van der Waals surface area contributed by atoms with E-state index < -0.39 is 5.97 Å². The van der Waals surface area contributed by atoms with Crippen LogP contribution in [0.4, 0.5) is 0 Å². The number of hydrogen-bond acceptors (Lipinski definition) is 4. The van der Waals surface area contributed by atoms with Crippen LogP contribution < -0.4 is 0 Å². The molecule has 1 aliphatic rings. The van der Waals surface area contributed by atoms with E-state index in [0.29, 0.717) is 6.54 Å². The minimum Gasteiger partial charge on any atom is -0.480 e. The predicted octanol–water partition coefficient (Wildman–Crippen LogP) is 0.0947. The standard InChI is InChI=1S/C13H20N2O5/c1-9(2)7-14(8-13(19)20)10(16)5-6-15-11(17)3-4-12(15)18/h9H,3-8H2,1-2H3,(H,19,20). The van der Waals surface area contributed by atoms with Crippen molar-refractivity contribution in [2.24, 2.45) is 5.92 Å². The Morgan fingerprint density at radius 1 is 1.25 bits per heavy atom. The number of amides is 3. The van der Waals surface area contributed by atoms with Gasteiger partial charge in [0.15, 0.2) is 0 Å². The number of carboxylic acid groups (broad SMARTS) is 1. The molecule has 1 heterocycles. The van der Waals surface area contributed by atoms with Gasteiger partial charge in [0.1, 0.15) is 6.54 Å². The molecule has 0 unspecified atom stereocenters. The number of aliphatic carboxylic acids is 1. The second kappa shape index (κ2) is 7.02. The fraction of sp³-hybridized carbons (Fsp3) is 0.692. The van der Waals surface area contributed by atoms with Crippen molar-refractivity contribution in [1.82, 2.24) is 9.80 Å². The number of rotatable bonds is 7. The zero-order valence-corrected chi connectivity index (χ0v) is 11.8. The van der Waals surface area contributed by atoms with Crippen LogP contribution in [0.15, 0.2) is 0 Å². The molecule has 0 spiro atoms. The molecule has 0 aromatic heterocycles. The monoisotopic (exact) mass is 284 g/mol. The van der Waals surface area contributed by atoms with Crippen LogP contribution >= 0.6 is 0 Å². The molecule has 0 atom stereocenters. The Hall–Kier alpha value is -1.92. The average Bonchev–Trinajstić information content (AvgIpc) is 2.64. The van der Waals surface area contributed by atoms with Crippen molar-refractivity contribution < 1.29 is 24.3 Å². The summed E-state index contributed by atoms with van der Waals surface area (Å²) >= 11 is 0. The van der Waals surface area contributed by atoms with Gasteiger partial charge in [-0.25, -0.2) is 0 Å². The van der Waals surface area contributed by atoms with Crippen molar-refractivity contribution in [2.45, 2.75) is 33.1 Å². The van der Waals surface area contributed by atoms with E-state index in [0.717, 1.165) is 4.90 Å². The molecule has 3 amide bonds. The topological polar surface area (TPSA) is 95.0 Å². The minimum absolute atomic E-state index is 0.0303. The van der Waals surface area contributed by atoms with Crippen LogP contribution in [0.2, 0.25) is 0 Å². The Balaban J connectivity index is 2.55. The maximum absolute atomic E-state index is 12.0. The third-order valence-electron chi connectivity index (χ3n) is 2.97. The lowest BCUT2D eigenvalue weighted by Gasteiger charge is -2.23. The van der Waals surface area contributed by atoms with Gasteiger partial charge < -0.3 is 10.0 Å². The molecule has 7 heteroatoms. The minimum atomic E-state index is -1.08. The summed E-state index contributed by atoms with van der Waals surface area (Å²) in [6.07, 6.45) is 0.354. The first kappa shape index (κ1) is 16.1. The molecule has 0 aromatic carbocycles. The van der Waals surface area contributed by atoms with Crippen LogP contribution in [-0.4, -0.2) is 58.2 Å². The molecule has 20 heavy (non-hydrogen) atoms. The van der Waals surface area contributed by atoms with Crippen LogP contribution in [0.3, 0.4) is 0 Å². The summed E-state index contributed by atoms with van der Waals surface area (Å²) in [4.78, 5) is 47.9. The lowest BCUT2D eigenvalue weighted by atomic mass is 10.2. The van der Waals surface area contributed by atoms with Gasteiger partial charge in [-0.15, -0.1) is 0 Å². The Morgan fingerprint density at radius 3 is 2.25 bits per heavy atom. The number of carbonyl (C=O) groups excluding carboxylic acids is 3. The summed E-state index contributed by atoms with van der Waals surface area (Å²) in [6.45, 7) is 3.78. The van der Waals surface area contributed by atoms with Gasteiger partial charge in [0, 0.05) is 32.4 Å². The van der Waals surface area contributed by atoms with Crippen molar-refractivity contribution in [3.05, 3.63) is 0 Å². The number of nitrogens with zero attached hydrogens (tertiary/aromatic N) is 2. The second-order valence-electron chi connectivity index (χ2n) is 5.25. The van der Waals surface area contributed by atoms with E-state index in [1.165, 1.54) is 4.90 Å². The second-order valence-corrected chi connectivity index (χ2v) is 5.25. The highest BCUT2D eigenvalue weighted by atomic mass is 16.4. The molecule has 0 saturated carbocycles. The SMILES string of the molecule is CC(C)CN(CC(=O)O)C(=O)CCN1C(=O)CCC1=O. The zero-order chi connectivity index (χ0) is 15.3. The molecular weight excluding hydrogens is 264 g/mol. The Labute approximate surface area is 117 Å². The first-order valence-electron chi connectivity index (χ1n) is 6.64. The number of imide groups is 1. The van der Waals surface area contributed by atoms with E-state index in [4.69, 9.17) is 5.11 Å². The van der Waals surface area contributed by atoms with Gasteiger partial charge in [-0.05, 0) is 5.92 Å². The van der Waals surface area contributed by atoms with Gasteiger partial charge in [0.25, 0.3) is 0 Å². The lowest BCUT2D eigenvalue weighted by molar-refractivity contribution is -0.146. The van der Waals surface area contributed by atoms with Crippen LogP contribution in [0.5, 0.6) is 0 Å². The molecule has 1 fully saturated rings. The van der Waals surface area contributed by atoms with Gasteiger partial charge in [-0.1, -0.05) is 13.8 Å². The zero-order valence-electron chi connectivity index (χ0n) is 11.8. The van der Waals surface area contributed by atoms with Gasteiger partial charge in [0.2, 0.25) is 17.7 Å². The maximum Gasteiger partial charge on any atom is 0.323 e. The van der Waals surface area contributed by atoms with Crippen LogP contribution in [-0.2, 0) is 19.2 Å². The van der Waals surface area contributed by atoms with Crippen molar-refractivity contribution >= 4 is 23.7 Å². The summed E-state index contributed by atoms with van der Waals surface area (Å²) in [5, 5.41) is 8.80. The highest BCUT2D eigenvalue weighted by molar-refractivity contribution is 6.02. The third kappa shape index (κ3) is 4.64. The molecule has 7 nitrogen and oxygen atoms in total. The highest BCUT2D eigenvalue weighted by Crippen LogP contribution is 2.12. The molecule has 0 radical (unpaired) electrons. The number of carboxylic acids is 1. The average molecular weight is 284 g/mol. The van der Waals surface area contributed by atoms with Crippen LogP contribution in [0.1, 0.15) is 33.1 Å². The first-order chi connectivity index (χ1) is 9.31. The Kier molecular flexibility index (Phi) is 5.66. The molecular formula is C13H20N2O5. The quantitative estimate of drug-likeness (QED) is 0.669. The van der Waals surface area contributed by atoms with Crippen LogP contribution in [0.25, 0.3) is 0 Å². The van der Waals surface area contributed by atoms with E-state index in [2.05, 4.69) is 0 Å². The summed E-state index contributed by atoms with van der Waals surface area (Å²) in [5.41, 5.74) is 0. The van der Waals surface area contributed by atoms with E-state index in [-0.39, 0.29) is 56.0 Å². The molecule has 112 valence electrons. The largest absolute Gasteiger partial charge is 0.480 e. The van der Waals surface area contributed by atoms with Crippen molar-refractivity contribution in [3.63, 3.8) is 0 Å². The van der Waals surface area contributed by atoms with Crippen molar-refractivity contribution in [3.8, 4) is 0 Å². The highest BCUT2D eigenvalue weighted by Gasteiger charge is 2.29. The summed E-state index contributed by atoms with van der Waals surface area (Å²) in [6, 6.07) is 0. The number of hydrogen-bond donors (Lipinski definition) is 1. The number of likely N-dealkylation sites (tertiary alicyclic amines) is 1. The molecule has 1 N–H and O–H groups in total. The lowest BCUT2D eigenvalue weighted by Crippen LogP contribution is -2.40. The van der Waals surface area contributed by atoms with Crippen LogP contribution in [0, 0.1) is 5.92 Å². The van der Waals surface area contributed by atoms with Gasteiger partial charge in [-0.3, -0.25) is 24.1 Å². The molecule has 0 aromatic rings. The van der Waals surface area contributed by atoms with E-state index >= 15 is 0 Å². The third-order valence-corrected chi connectivity index (χ3v) is 2.97. The summed E-state index contributed by atoms with van der Waals surface area (Å²) < 4.78 is 0. The van der Waals surface area contributed by atoms with Gasteiger partial charge in [-0.2, -0.15) is 0 Å². The fourth-order valence-corrected chi connectivity index (χ4v) is 2.10. The van der Waals surface area contributed by atoms with Gasteiger partial charge >= 0.3 is 5.97 Å². The maximum atomic E-state index is 12.0. The number of carbonyl (C=O) groups is 4. The Bertz CT molecular complexity index is 403. The van der Waals surface area contributed by atoms with E-state index in [9.17, 15) is 19.2 Å². The van der Waals surface area contributed by atoms with Crippen molar-refractivity contribution in [1.29, 1.82) is 0 Å². The Morgan fingerprint density at radius 2 is 1.80 bits per heavy atom. The predicted molar refractivity (Wildman–Crippen MR) is 69.6 cm³/mol. The fourth-order valence-electron chi connectivity index (χ4n) is 2.10. The van der Waals surface area contributed by atoms with E-state index in [1.54, 1.807) is 0 Å². The first-order valence-corrected chi connectivity index (χ1v) is 6.64. The molecule has 1 saturated heterocycles. The summed E-state index contributed by atoms with van der Waals surface area (Å²) in [5.74, 6) is -1.82. The summed E-state index contributed by atoms with van der Waals surface area (Å²) in [7, 11) is 0. The normalized spacial score (nSPS) is 15.1.